The quantitative estimate of drug-likeness (QED) is 0.700. The van der Waals surface area contributed by atoms with Crippen LogP contribution in [0, 0.1) is 0 Å². The van der Waals surface area contributed by atoms with E-state index in [-0.39, 0.29) is 23.2 Å². The summed E-state index contributed by atoms with van der Waals surface area (Å²) in [7, 11) is -4.72. The molecule has 0 heterocycles. The van der Waals surface area contributed by atoms with E-state index in [0.29, 0.717) is 0 Å². The Kier molecular flexibility index (Phi) is 6.04. The molecule has 1 aromatic rings. The molecule has 0 fully saturated rings. The topological polar surface area (TPSA) is 72.8 Å². The minimum Gasteiger partial charge on any atom is -0.478 e. The van der Waals surface area contributed by atoms with Gasteiger partial charge in [-0.2, -0.15) is 8.78 Å². The van der Waals surface area contributed by atoms with Gasteiger partial charge in [0.15, 0.2) is 0 Å². The van der Waals surface area contributed by atoms with E-state index >= 15 is 0 Å². The van der Waals surface area contributed by atoms with E-state index in [0.717, 1.165) is 18.2 Å². The van der Waals surface area contributed by atoms with Crippen molar-refractivity contribution < 1.29 is 32.3 Å². The normalized spacial score (nSPS) is 12.4. The van der Waals surface area contributed by atoms with E-state index in [4.69, 9.17) is 5.11 Å². The highest BCUT2D eigenvalue weighted by atomic mass is 79.9. The first-order valence-corrected chi connectivity index (χ1v) is 8.33. The van der Waals surface area contributed by atoms with Crippen molar-refractivity contribution in [1.82, 2.24) is 0 Å². The summed E-state index contributed by atoms with van der Waals surface area (Å²) in [6.07, 6.45) is 0. The van der Waals surface area contributed by atoms with Crippen LogP contribution in [0.15, 0.2) is 22.7 Å². The third-order valence-corrected chi connectivity index (χ3v) is 5.26. The van der Waals surface area contributed by atoms with Crippen LogP contribution in [-0.2, 0) is 19.3 Å². The molecule has 0 atom stereocenters. The highest BCUT2D eigenvalue weighted by Crippen LogP contribution is 2.67. The van der Waals surface area contributed by atoms with Crippen molar-refractivity contribution in [3.05, 3.63) is 33.8 Å². The molecule has 0 saturated carbocycles. The Morgan fingerprint density at radius 3 is 2.24 bits per heavy atom. The predicted octanol–water partition coefficient (Wildman–Crippen LogP) is 4.46. The fourth-order valence-electron chi connectivity index (χ4n) is 1.58. The van der Waals surface area contributed by atoms with Gasteiger partial charge in [-0.1, -0.05) is 22.0 Å². The second-order valence-electron chi connectivity index (χ2n) is 3.87. The maximum atomic E-state index is 14.5. The van der Waals surface area contributed by atoms with E-state index in [1.807, 2.05) is 0 Å². The number of benzene rings is 1. The zero-order chi connectivity index (χ0) is 16.3. The van der Waals surface area contributed by atoms with Crippen molar-refractivity contribution in [3.63, 3.8) is 0 Å². The predicted molar refractivity (Wildman–Crippen MR) is 75.9 cm³/mol. The van der Waals surface area contributed by atoms with E-state index < -0.39 is 24.8 Å². The minimum atomic E-state index is -4.72. The number of alkyl halides is 2. The molecule has 118 valence electrons. The van der Waals surface area contributed by atoms with Crippen molar-refractivity contribution >= 4 is 29.5 Å². The average Bonchev–Trinajstić information content (AvgIpc) is 2.38. The SMILES string of the molecule is CCOP(=O)(OCC)C(F)(F)c1ccc(C(=O)O)cc1Br. The second-order valence-corrected chi connectivity index (χ2v) is 6.80. The first-order chi connectivity index (χ1) is 9.69. The van der Waals surface area contributed by atoms with E-state index in [1.54, 1.807) is 0 Å². The smallest absolute Gasteiger partial charge is 0.404 e. The number of rotatable bonds is 7. The second kappa shape index (κ2) is 6.96. The molecule has 5 nitrogen and oxygen atoms in total. The Bertz CT molecular complexity index is 569. The van der Waals surface area contributed by atoms with Gasteiger partial charge in [-0.15, -0.1) is 0 Å². The molecule has 1 rings (SSSR count). The summed E-state index contributed by atoms with van der Waals surface area (Å²) in [5.74, 6) is -1.26. The zero-order valence-electron chi connectivity index (χ0n) is 11.3. The molecule has 1 aromatic carbocycles. The molecule has 0 aromatic heterocycles. The molecule has 9 heteroatoms. The Morgan fingerprint density at radius 2 is 1.86 bits per heavy atom. The highest BCUT2D eigenvalue weighted by Gasteiger charge is 2.55. The summed E-state index contributed by atoms with van der Waals surface area (Å²) in [6.45, 7) is 2.42. The third-order valence-electron chi connectivity index (χ3n) is 2.48. The molecule has 0 aliphatic rings. The number of carbonyl (C=O) groups is 1. The third kappa shape index (κ3) is 3.69. The standard InChI is InChI=1S/C12H14BrF2O5P/c1-3-19-21(18,20-4-2)12(14,15)9-6-5-8(11(16)17)7-10(9)13/h5-7H,3-4H2,1-2H3,(H,16,17). The lowest BCUT2D eigenvalue weighted by Crippen LogP contribution is -2.19. The first-order valence-electron chi connectivity index (χ1n) is 6.00. The number of hydrogen-bond donors (Lipinski definition) is 1. The number of halogens is 3. The van der Waals surface area contributed by atoms with Crippen molar-refractivity contribution in [1.29, 1.82) is 0 Å². The van der Waals surface area contributed by atoms with Crippen LogP contribution in [0.5, 0.6) is 0 Å². The Labute approximate surface area is 128 Å². The summed E-state index contributed by atoms with van der Waals surface area (Å²) >= 11 is 2.87. The van der Waals surface area contributed by atoms with Crippen molar-refractivity contribution in [2.45, 2.75) is 19.5 Å². The Morgan fingerprint density at radius 1 is 1.33 bits per heavy atom. The van der Waals surface area contributed by atoms with Crippen LogP contribution in [0.2, 0.25) is 0 Å². The van der Waals surface area contributed by atoms with E-state index in [2.05, 4.69) is 25.0 Å². The van der Waals surface area contributed by atoms with Crippen LogP contribution in [-0.4, -0.2) is 24.3 Å². The minimum absolute atomic E-state index is 0.177. The van der Waals surface area contributed by atoms with Gasteiger partial charge in [0.1, 0.15) is 0 Å². The van der Waals surface area contributed by atoms with Crippen LogP contribution in [0.1, 0.15) is 29.8 Å². The maximum Gasteiger partial charge on any atom is 0.404 e. The Hall–Kier alpha value is -0.820. The Balaban J connectivity index is 3.34. The monoisotopic (exact) mass is 386 g/mol. The van der Waals surface area contributed by atoms with E-state index in [9.17, 15) is 18.1 Å². The maximum absolute atomic E-state index is 14.5. The first kappa shape index (κ1) is 18.2. The number of carboxylic acid groups (broad SMARTS) is 1. The van der Waals surface area contributed by atoms with Gasteiger partial charge < -0.3 is 14.2 Å². The largest absolute Gasteiger partial charge is 0.478 e. The molecular weight excluding hydrogens is 373 g/mol. The van der Waals surface area contributed by atoms with Gasteiger partial charge in [0.05, 0.1) is 18.8 Å². The lowest BCUT2D eigenvalue weighted by Gasteiger charge is -2.26. The fourth-order valence-corrected chi connectivity index (χ4v) is 3.93. The zero-order valence-corrected chi connectivity index (χ0v) is 13.8. The van der Waals surface area contributed by atoms with E-state index in [1.165, 1.54) is 13.8 Å². The fraction of sp³-hybridized carbons (Fsp3) is 0.417. The molecule has 0 spiro atoms. The van der Waals surface area contributed by atoms with Gasteiger partial charge in [-0.05, 0) is 26.0 Å². The van der Waals surface area contributed by atoms with Crippen LogP contribution in [0.25, 0.3) is 0 Å². The van der Waals surface area contributed by atoms with Crippen LogP contribution in [0.4, 0.5) is 8.78 Å². The van der Waals surface area contributed by atoms with Gasteiger partial charge in [0.25, 0.3) is 0 Å². The molecule has 0 aliphatic carbocycles. The van der Waals surface area contributed by atoms with Crippen LogP contribution in [0.3, 0.4) is 0 Å². The number of carboxylic acids is 1. The van der Waals surface area contributed by atoms with Gasteiger partial charge >= 0.3 is 19.2 Å². The molecule has 0 radical (unpaired) electrons. The van der Waals surface area contributed by atoms with Gasteiger partial charge in [-0.25, -0.2) is 4.79 Å². The summed E-state index contributed by atoms with van der Waals surface area (Å²) in [5.41, 5.74) is -4.74. The van der Waals surface area contributed by atoms with Gasteiger partial charge in [0, 0.05) is 10.0 Å². The lowest BCUT2D eigenvalue weighted by atomic mass is 10.1. The molecule has 21 heavy (non-hydrogen) atoms. The molecule has 0 amide bonds. The molecule has 0 unspecified atom stereocenters. The van der Waals surface area contributed by atoms with Crippen molar-refractivity contribution in [3.8, 4) is 0 Å². The molecule has 0 aliphatic heterocycles. The highest BCUT2D eigenvalue weighted by molar-refractivity contribution is 9.10. The number of hydrogen-bond acceptors (Lipinski definition) is 4. The van der Waals surface area contributed by atoms with Crippen molar-refractivity contribution in [2.75, 3.05) is 13.2 Å². The molecule has 1 N–H and O–H groups in total. The lowest BCUT2D eigenvalue weighted by molar-refractivity contribution is 0.0354. The van der Waals surface area contributed by atoms with Crippen LogP contribution >= 0.6 is 23.5 Å². The summed E-state index contributed by atoms with van der Waals surface area (Å²) in [5, 5.41) is 8.82. The average molecular weight is 387 g/mol. The summed E-state index contributed by atoms with van der Waals surface area (Å²) in [6, 6.07) is 2.89. The molecule has 0 saturated heterocycles. The summed E-state index contributed by atoms with van der Waals surface area (Å²) < 4.78 is 50.4. The van der Waals surface area contributed by atoms with Crippen LogP contribution < -0.4 is 0 Å². The van der Waals surface area contributed by atoms with Crippen molar-refractivity contribution in [2.24, 2.45) is 0 Å². The molecule has 0 bridgehead atoms. The number of aromatic carboxylic acids is 1. The molecular formula is C12H14BrF2O5P. The van der Waals surface area contributed by atoms with Gasteiger partial charge in [-0.3, -0.25) is 4.57 Å². The van der Waals surface area contributed by atoms with Gasteiger partial charge in [0.2, 0.25) is 0 Å². The summed E-state index contributed by atoms with van der Waals surface area (Å²) in [4.78, 5) is 10.8.